The van der Waals surface area contributed by atoms with Crippen molar-refractivity contribution in [1.82, 2.24) is 9.97 Å². The molecule has 1 heterocycles. The van der Waals surface area contributed by atoms with Gasteiger partial charge < -0.3 is 26.4 Å². The number of aliphatic hydroxyl groups is 3. The van der Waals surface area contributed by atoms with Crippen molar-refractivity contribution in [3.05, 3.63) is 34.4 Å². The molecule has 0 amide bonds. The third kappa shape index (κ3) is 4.28. The zero-order valence-corrected chi connectivity index (χ0v) is 15.6. The Morgan fingerprint density at radius 2 is 1.93 bits per heavy atom. The molecule has 9 nitrogen and oxygen atoms in total. The monoisotopic (exact) mass is 412 g/mol. The fourth-order valence-electron chi connectivity index (χ4n) is 2.87. The number of nitrogens with zero attached hydrogens (tertiary/aromatic N) is 4. The summed E-state index contributed by atoms with van der Waals surface area (Å²) in [5.41, 5.74) is 4.48. The molecule has 3 rings (SSSR count). The first-order valence-electron chi connectivity index (χ1n) is 8.12. The zero-order valence-electron chi connectivity index (χ0n) is 14.0. The van der Waals surface area contributed by atoms with Gasteiger partial charge in [0.15, 0.2) is 22.4 Å². The van der Waals surface area contributed by atoms with E-state index in [0.29, 0.717) is 17.1 Å². The van der Waals surface area contributed by atoms with Gasteiger partial charge in [-0.15, -0.1) is 5.11 Å². The zero-order chi connectivity index (χ0) is 19.6. The van der Waals surface area contributed by atoms with Crippen LogP contribution >= 0.6 is 23.2 Å². The smallest absolute Gasteiger partial charge is 0.223 e. The van der Waals surface area contributed by atoms with Crippen LogP contribution in [-0.4, -0.2) is 43.7 Å². The first-order valence-corrected chi connectivity index (χ1v) is 8.88. The van der Waals surface area contributed by atoms with E-state index in [2.05, 4.69) is 25.5 Å². The minimum atomic E-state index is -1.72. The molecule has 0 radical (unpaired) electrons. The van der Waals surface area contributed by atoms with Gasteiger partial charge in [-0.1, -0.05) is 23.2 Å². The van der Waals surface area contributed by atoms with Gasteiger partial charge in [0.1, 0.15) is 6.10 Å². The molecule has 1 saturated carbocycles. The van der Waals surface area contributed by atoms with Crippen molar-refractivity contribution in [2.24, 2.45) is 16.1 Å². The Labute approximate surface area is 164 Å². The molecule has 1 fully saturated rings. The summed E-state index contributed by atoms with van der Waals surface area (Å²) in [6.45, 7) is -0.249. The number of hydrogen-bond donors (Lipinski definition) is 5. The Bertz CT molecular complexity index is 851. The molecular formula is C16H18Cl2N6O3. The number of rotatable bonds is 5. The van der Waals surface area contributed by atoms with Crippen molar-refractivity contribution in [2.45, 2.75) is 24.7 Å². The summed E-state index contributed by atoms with van der Waals surface area (Å²) in [7, 11) is 0. The summed E-state index contributed by atoms with van der Waals surface area (Å²) < 4.78 is 0. The summed E-state index contributed by atoms with van der Waals surface area (Å²) in [6, 6.07) is 6.63. The summed E-state index contributed by atoms with van der Waals surface area (Å²) in [4.78, 5) is 7.86. The normalized spacial score (nSPS) is 25.2. The highest BCUT2D eigenvalue weighted by Gasteiger charge is 2.47. The summed E-state index contributed by atoms with van der Waals surface area (Å²) >= 11 is 12.0. The largest absolute Gasteiger partial charge is 0.396 e. The lowest BCUT2D eigenvalue weighted by Crippen LogP contribution is -2.48. The molecule has 1 aliphatic rings. The molecule has 0 spiro atoms. The van der Waals surface area contributed by atoms with Crippen molar-refractivity contribution in [2.75, 3.05) is 17.7 Å². The standard InChI is InChI=1S/C16H18Cl2N6O3/c17-9-1-3-10(4-2-9)23-24-11-13(18)20-15(19)21-14(11)22-16(27)6-5-8(7-25)12(16)26/h1-4,8,12,25-27H,5-7H2,(H3,19,20,21,22). The first kappa shape index (κ1) is 19.7. The molecule has 144 valence electrons. The van der Waals surface area contributed by atoms with Crippen molar-refractivity contribution in [3.63, 3.8) is 0 Å². The second-order valence-corrected chi connectivity index (χ2v) is 7.02. The number of nitrogen functional groups attached to an aromatic ring is 1. The Hall–Kier alpha value is -2.04. The average Bonchev–Trinajstić information content (AvgIpc) is 2.90. The number of nitrogens with two attached hydrogens (primary N) is 1. The molecule has 0 saturated heterocycles. The number of nitrogens with one attached hydrogen (secondary N) is 1. The van der Waals surface area contributed by atoms with Crippen LogP contribution in [0.25, 0.3) is 0 Å². The van der Waals surface area contributed by atoms with E-state index >= 15 is 0 Å². The molecule has 2 aromatic rings. The van der Waals surface area contributed by atoms with Crippen molar-refractivity contribution < 1.29 is 15.3 Å². The molecule has 6 N–H and O–H groups in total. The fourth-order valence-corrected chi connectivity index (χ4v) is 3.21. The fraction of sp³-hybridized carbons (Fsp3) is 0.375. The Morgan fingerprint density at radius 1 is 1.22 bits per heavy atom. The van der Waals surface area contributed by atoms with E-state index in [1.54, 1.807) is 24.3 Å². The SMILES string of the molecule is Nc1nc(Cl)c(N=Nc2ccc(Cl)cc2)c(NC2(O)CCC(CO)C2O)n1. The van der Waals surface area contributed by atoms with Crippen molar-refractivity contribution in [3.8, 4) is 0 Å². The van der Waals surface area contributed by atoms with Crippen LogP contribution in [0.4, 0.5) is 23.1 Å². The van der Waals surface area contributed by atoms with Gasteiger partial charge in [0.25, 0.3) is 0 Å². The van der Waals surface area contributed by atoms with Crippen LogP contribution in [0.1, 0.15) is 12.8 Å². The summed E-state index contributed by atoms with van der Waals surface area (Å²) in [5.74, 6) is -0.579. The number of anilines is 2. The lowest BCUT2D eigenvalue weighted by Gasteiger charge is -2.30. The molecule has 0 bridgehead atoms. The second-order valence-electron chi connectivity index (χ2n) is 6.22. The maximum atomic E-state index is 10.7. The third-order valence-electron chi connectivity index (χ3n) is 4.35. The maximum absolute atomic E-state index is 10.7. The van der Waals surface area contributed by atoms with Gasteiger partial charge in [0.2, 0.25) is 5.95 Å². The van der Waals surface area contributed by atoms with Gasteiger partial charge in [0, 0.05) is 17.5 Å². The van der Waals surface area contributed by atoms with E-state index in [9.17, 15) is 15.3 Å². The molecule has 0 aliphatic heterocycles. The van der Waals surface area contributed by atoms with Crippen LogP contribution in [0.2, 0.25) is 10.2 Å². The van der Waals surface area contributed by atoms with Crippen LogP contribution in [0.15, 0.2) is 34.5 Å². The predicted octanol–water partition coefficient (Wildman–Crippen LogP) is 2.64. The van der Waals surface area contributed by atoms with E-state index in [4.69, 9.17) is 28.9 Å². The Balaban J connectivity index is 1.92. The van der Waals surface area contributed by atoms with Gasteiger partial charge >= 0.3 is 0 Å². The van der Waals surface area contributed by atoms with E-state index in [0.717, 1.165) is 0 Å². The van der Waals surface area contributed by atoms with E-state index < -0.39 is 17.7 Å². The number of aromatic nitrogens is 2. The second kappa shape index (κ2) is 7.91. The number of aliphatic hydroxyl groups excluding tert-OH is 2. The van der Waals surface area contributed by atoms with Gasteiger partial charge in [-0.2, -0.15) is 15.1 Å². The summed E-state index contributed by atoms with van der Waals surface area (Å²) in [5, 5.41) is 41.6. The minimum absolute atomic E-state index is 0.0188. The quantitative estimate of drug-likeness (QED) is 0.287. The predicted molar refractivity (Wildman–Crippen MR) is 101 cm³/mol. The van der Waals surface area contributed by atoms with E-state index in [1.807, 2.05) is 0 Å². The minimum Gasteiger partial charge on any atom is -0.396 e. The molecule has 3 atom stereocenters. The number of halogens is 2. The highest BCUT2D eigenvalue weighted by Crippen LogP contribution is 2.39. The van der Waals surface area contributed by atoms with Crippen molar-refractivity contribution >= 4 is 46.3 Å². The molecular weight excluding hydrogens is 395 g/mol. The highest BCUT2D eigenvalue weighted by molar-refractivity contribution is 6.32. The van der Waals surface area contributed by atoms with Crippen LogP contribution in [0.5, 0.6) is 0 Å². The number of azo groups is 1. The molecule has 1 aromatic carbocycles. The van der Waals surface area contributed by atoms with Gasteiger partial charge in [-0.25, -0.2) is 0 Å². The molecule has 11 heteroatoms. The molecule has 1 aliphatic carbocycles. The first-order chi connectivity index (χ1) is 12.8. The molecule has 1 aromatic heterocycles. The van der Waals surface area contributed by atoms with E-state index in [-0.39, 0.29) is 35.6 Å². The van der Waals surface area contributed by atoms with Crippen LogP contribution in [0.3, 0.4) is 0 Å². The van der Waals surface area contributed by atoms with E-state index in [1.165, 1.54) is 0 Å². The van der Waals surface area contributed by atoms with Crippen LogP contribution < -0.4 is 11.1 Å². The van der Waals surface area contributed by atoms with Gasteiger partial charge in [-0.05, 0) is 37.1 Å². The Morgan fingerprint density at radius 3 is 2.56 bits per heavy atom. The van der Waals surface area contributed by atoms with Gasteiger partial charge in [-0.3, -0.25) is 0 Å². The van der Waals surface area contributed by atoms with Crippen molar-refractivity contribution in [1.29, 1.82) is 0 Å². The molecule has 3 unspecified atom stereocenters. The van der Waals surface area contributed by atoms with Crippen LogP contribution in [-0.2, 0) is 0 Å². The highest BCUT2D eigenvalue weighted by atomic mass is 35.5. The third-order valence-corrected chi connectivity index (χ3v) is 4.87. The average molecular weight is 413 g/mol. The number of benzene rings is 1. The topological polar surface area (TPSA) is 149 Å². The maximum Gasteiger partial charge on any atom is 0.223 e. The Kier molecular flexibility index (Phi) is 5.78. The lowest BCUT2D eigenvalue weighted by molar-refractivity contribution is -0.0545. The van der Waals surface area contributed by atoms with Gasteiger partial charge in [0.05, 0.1) is 5.69 Å². The van der Waals surface area contributed by atoms with Crippen LogP contribution in [0, 0.1) is 5.92 Å². The summed E-state index contributed by atoms with van der Waals surface area (Å²) in [6.07, 6.45) is -0.593. The number of hydrogen-bond acceptors (Lipinski definition) is 9. The molecule has 27 heavy (non-hydrogen) atoms. The lowest BCUT2D eigenvalue weighted by atomic mass is 10.0.